The molecule has 0 saturated heterocycles. The molecule has 0 amide bonds. The summed E-state index contributed by atoms with van der Waals surface area (Å²) in [7, 11) is 0. The molecular weight excluding hydrogens is 839 g/mol. The second kappa shape index (κ2) is 15.0. The van der Waals surface area contributed by atoms with E-state index < -0.39 is 0 Å². The van der Waals surface area contributed by atoms with Gasteiger partial charge in [0.05, 0.1) is 22.4 Å². The highest BCUT2D eigenvalue weighted by Crippen LogP contribution is 2.64. The maximum absolute atomic E-state index is 6.63. The molecule has 9 aromatic carbocycles. The summed E-state index contributed by atoms with van der Waals surface area (Å²) < 4.78 is 8.99. The van der Waals surface area contributed by atoms with E-state index in [0.717, 1.165) is 66.8 Å². The molecule has 4 heteroatoms. The molecule has 0 bridgehead atoms. The Morgan fingerprint density at radius 1 is 0.420 bits per heavy atom. The fourth-order valence-corrected chi connectivity index (χ4v) is 11.7. The largest absolute Gasteiger partial charge is 0.456 e. The van der Waals surface area contributed by atoms with Crippen molar-refractivity contribution in [2.24, 2.45) is 5.41 Å². The lowest BCUT2D eigenvalue weighted by Crippen LogP contribution is -2.42. The molecule has 13 rings (SSSR count). The van der Waals surface area contributed by atoms with Gasteiger partial charge in [-0.15, -0.1) is 0 Å². The Labute approximate surface area is 402 Å². The van der Waals surface area contributed by atoms with Crippen LogP contribution in [0.3, 0.4) is 0 Å². The minimum atomic E-state index is -0.0667. The minimum absolute atomic E-state index is 0.0167. The predicted molar refractivity (Wildman–Crippen MR) is 288 cm³/mol. The lowest BCUT2D eigenvalue weighted by Gasteiger charge is -2.44. The highest BCUT2D eigenvalue weighted by atomic mass is 16.3. The van der Waals surface area contributed by atoms with E-state index in [0.29, 0.717) is 5.82 Å². The summed E-state index contributed by atoms with van der Waals surface area (Å²) in [5.41, 5.74) is 17.5. The second-order valence-electron chi connectivity index (χ2n) is 20.6. The van der Waals surface area contributed by atoms with Crippen LogP contribution in [0.25, 0.3) is 116 Å². The SMILES string of the molecule is CC1(C)c2cc3ccccc3c(-c3ccc(-c4nc(-c5ccccc5)cc(-c5cccc6oc7ccc(-c8ccc9c(c8)c8ccccc8n9-c8ccccc8)cc7c56)n4)cc3)c2C(C)(C)C1(C)C. The number of aromatic nitrogens is 3. The first-order valence-corrected chi connectivity index (χ1v) is 24.1. The first kappa shape index (κ1) is 41.1. The number of hydrogen-bond donors (Lipinski definition) is 0. The topological polar surface area (TPSA) is 43.9 Å². The molecule has 69 heavy (non-hydrogen) atoms. The maximum Gasteiger partial charge on any atom is 0.160 e. The zero-order chi connectivity index (χ0) is 46.8. The summed E-state index contributed by atoms with van der Waals surface area (Å²) in [6.07, 6.45) is 0. The molecule has 332 valence electrons. The van der Waals surface area contributed by atoms with Crippen molar-refractivity contribution >= 4 is 54.5 Å². The number of benzene rings is 9. The van der Waals surface area contributed by atoms with E-state index in [9.17, 15) is 0 Å². The van der Waals surface area contributed by atoms with Crippen molar-refractivity contribution in [1.82, 2.24) is 14.5 Å². The van der Waals surface area contributed by atoms with Gasteiger partial charge in [-0.05, 0) is 115 Å². The molecule has 0 aliphatic heterocycles. The number of rotatable bonds is 6. The Morgan fingerprint density at radius 2 is 1.04 bits per heavy atom. The lowest BCUT2D eigenvalue weighted by molar-refractivity contribution is 0.125. The van der Waals surface area contributed by atoms with Crippen LogP contribution in [0.1, 0.15) is 52.7 Å². The van der Waals surface area contributed by atoms with E-state index in [1.54, 1.807) is 0 Å². The molecule has 0 atom stereocenters. The van der Waals surface area contributed by atoms with E-state index in [1.807, 2.05) is 6.07 Å². The van der Waals surface area contributed by atoms with Crippen LogP contribution in [0.2, 0.25) is 0 Å². The third kappa shape index (κ3) is 6.07. The van der Waals surface area contributed by atoms with E-state index in [4.69, 9.17) is 14.4 Å². The number of nitrogens with zero attached hydrogens (tertiary/aromatic N) is 3. The Bertz CT molecular complexity index is 4020. The van der Waals surface area contributed by atoms with Crippen molar-refractivity contribution in [3.63, 3.8) is 0 Å². The Balaban J connectivity index is 0.952. The molecule has 0 radical (unpaired) electrons. The van der Waals surface area contributed by atoms with Gasteiger partial charge >= 0.3 is 0 Å². The smallest absolute Gasteiger partial charge is 0.160 e. The minimum Gasteiger partial charge on any atom is -0.456 e. The van der Waals surface area contributed by atoms with E-state index in [2.05, 4.69) is 240 Å². The molecule has 0 N–H and O–H groups in total. The average Bonchev–Trinajstić information content (AvgIpc) is 3.96. The summed E-state index contributed by atoms with van der Waals surface area (Å²) in [5.74, 6) is 0.678. The summed E-state index contributed by atoms with van der Waals surface area (Å²) in [4.78, 5) is 10.7. The molecule has 0 saturated carbocycles. The highest BCUT2D eigenvalue weighted by molar-refractivity contribution is 6.14. The van der Waals surface area contributed by atoms with Crippen LogP contribution in [-0.2, 0) is 10.8 Å². The monoisotopic (exact) mass is 889 g/mol. The molecule has 3 heterocycles. The van der Waals surface area contributed by atoms with Gasteiger partial charge in [0.1, 0.15) is 11.2 Å². The predicted octanol–water partition coefficient (Wildman–Crippen LogP) is 17.6. The Morgan fingerprint density at radius 3 is 1.83 bits per heavy atom. The van der Waals surface area contributed by atoms with Crippen molar-refractivity contribution in [1.29, 1.82) is 0 Å². The van der Waals surface area contributed by atoms with Crippen LogP contribution in [0.15, 0.2) is 205 Å². The van der Waals surface area contributed by atoms with Crippen LogP contribution in [-0.4, -0.2) is 14.5 Å². The summed E-state index contributed by atoms with van der Waals surface area (Å²) in [6, 6.07) is 72.0. The molecule has 1 aliphatic rings. The molecule has 3 aromatic heterocycles. The number of para-hydroxylation sites is 2. The third-order valence-electron chi connectivity index (χ3n) is 16.5. The zero-order valence-electron chi connectivity index (χ0n) is 39.8. The quantitative estimate of drug-likeness (QED) is 0.167. The number of furan rings is 1. The zero-order valence-corrected chi connectivity index (χ0v) is 39.8. The second-order valence-corrected chi connectivity index (χ2v) is 20.6. The fourth-order valence-electron chi connectivity index (χ4n) is 11.7. The van der Waals surface area contributed by atoms with E-state index in [-0.39, 0.29) is 16.2 Å². The lowest BCUT2D eigenvalue weighted by atomic mass is 9.59. The van der Waals surface area contributed by atoms with Crippen LogP contribution >= 0.6 is 0 Å². The fraction of sp³-hybridized carbons (Fsp3) is 0.138. The Hall–Kier alpha value is -8.08. The van der Waals surface area contributed by atoms with Gasteiger partial charge in [-0.2, -0.15) is 0 Å². The van der Waals surface area contributed by atoms with Gasteiger partial charge < -0.3 is 8.98 Å². The molecule has 12 aromatic rings. The van der Waals surface area contributed by atoms with Crippen molar-refractivity contribution in [2.75, 3.05) is 0 Å². The van der Waals surface area contributed by atoms with Crippen LogP contribution in [0.4, 0.5) is 0 Å². The molecular formula is C65H51N3O. The molecule has 4 nitrogen and oxygen atoms in total. The highest BCUT2D eigenvalue weighted by Gasteiger charge is 2.57. The van der Waals surface area contributed by atoms with Crippen LogP contribution in [0.5, 0.6) is 0 Å². The van der Waals surface area contributed by atoms with Gasteiger partial charge in [-0.3, -0.25) is 0 Å². The maximum atomic E-state index is 6.63. The number of fused-ring (bicyclic) bond motifs is 8. The first-order valence-electron chi connectivity index (χ1n) is 24.1. The normalized spacial score (nSPS) is 14.9. The molecule has 0 fully saturated rings. The molecule has 0 unspecified atom stereocenters. The molecule has 0 spiro atoms. The van der Waals surface area contributed by atoms with E-state index >= 15 is 0 Å². The van der Waals surface area contributed by atoms with Crippen LogP contribution in [0, 0.1) is 5.41 Å². The van der Waals surface area contributed by atoms with Gasteiger partial charge in [0.15, 0.2) is 5.82 Å². The van der Waals surface area contributed by atoms with Gasteiger partial charge in [-0.25, -0.2) is 9.97 Å². The van der Waals surface area contributed by atoms with Crippen molar-refractivity contribution in [3.05, 3.63) is 211 Å². The van der Waals surface area contributed by atoms with Crippen molar-refractivity contribution in [2.45, 2.75) is 52.4 Å². The summed E-state index contributed by atoms with van der Waals surface area (Å²) in [5, 5.41) is 7.10. The summed E-state index contributed by atoms with van der Waals surface area (Å²) >= 11 is 0. The van der Waals surface area contributed by atoms with Gasteiger partial charge in [0.2, 0.25) is 0 Å². The van der Waals surface area contributed by atoms with Gasteiger partial charge in [0, 0.05) is 43.9 Å². The van der Waals surface area contributed by atoms with Crippen molar-refractivity contribution in [3.8, 4) is 61.8 Å². The van der Waals surface area contributed by atoms with E-state index in [1.165, 1.54) is 54.8 Å². The number of hydrogen-bond acceptors (Lipinski definition) is 3. The summed E-state index contributed by atoms with van der Waals surface area (Å²) in [6.45, 7) is 14.6. The first-order chi connectivity index (χ1) is 33.5. The van der Waals surface area contributed by atoms with Gasteiger partial charge in [0.25, 0.3) is 0 Å². The van der Waals surface area contributed by atoms with Gasteiger partial charge in [-0.1, -0.05) is 187 Å². The standard InChI is InChI=1S/C65H51N3O/c1-63(2)52-38-45-20-13-14-23-47(45)59(61(52)64(3,4)65(63,5)6)41-28-30-42(31-29-41)62-66-53(40-18-9-7-10-19-40)39-54(67-62)49-25-17-27-58-60(49)51-37-44(33-35-57(51)69-58)43-32-34-56-50(36-43)48-24-15-16-26-55(48)68(56)46-21-11-8-12-22-46/h7-39H,1-6H3. The Kier molecular flexibility index (Phi) is 8.92. The molecule has 1 aliphatic carbocycles. The average molecular weight is 890 g/mol. The third-order valence-corrected chi connectivity index (χ3v) is 16.5. The van der Waals surface area contributed by atoms with Crippen LogP contribution < -0.4 is 0 Å². The van der Waals surface area contributed by atoms with Crippen molar-refractivity contribution < 1.29 is 4.42 Å².